The number of hydrogen-bond acceptors (Lipinski definition) is 6. The zero-order chi connectivity index (χ0) is 20.0. The molecular formula is C18H24N2O6S. The summed E-state index contributed by atoms with van der Waals surface area (Å²) >= 11 is 0. The van der Waals surface area contributed by atoms with Crippen molar-refractivity contribution in [3.8, 4) is 0 Å². The molecule has 0 radical (unpaired) electrons. The summed E-state index contributed by atoms with van der Waals surface area (Å²) in [4.78, 5) is 23.6. The molecule has 0 aromatic heterocycles. The largest absolute Gasteiger partial charge is 0.452 e. The number of carbonyl (C=O) groups is 2. The molecule has 0 bridgehead atoms. The van der Waals surface area contributed by atoms with Gasteiger partial charge in [0.2, 0.25) is 10.0 Å². The van der Waals surface area contributed by atoms with E-state index in [0.717, 1.165) is 5.57 Å². The molecule has 1 aliphatic heterocycles. The number of rotatable bonds is 6. The average molecular weight is 396 g/mol. The van der Waals surface area contributed by atoms with Crippen molar-refractivity contribution in [1.29, 1.82) is 0 Å². The number of hydrogen-bond donors (Lipinski definition) is 1. The molecule has 27 heavy (non-hydrogen) atoms. The molecule has 2 rings (SSSR count). The lowest BCUT2D eigenvalue weighted by molar-refractivity contribution is -0.142. The zero-order valence-electron chi connectivity index (χ0n) is 15.6. The number of anilines is 1. The van der Waals surface area contributed by atoms with Gasteiger partial charge in [-0.1, -0.05) is 11.6 Å². The van der Waals surface area contributed by atoms with Crippen LogP contribution in [-0.2, 0) is 29.1 Å². The minimum atomic E-state index is -3.67. The van der Waals surface area contributed by atoms with Crippen molar-refractivity contribution in [3.05, 3.63) is 35.4 Å². The summed E-state index contributed by atoms with van der Waals surface area (Å²) in [5, 5.41) is 2.59. The molecule has 1 heterocycles. The maximum Gasteiger partial charge on any atom is 0.331 e. The van der Waals surface area contributed by atoms with Gasteiger partial charge in [0.15, 0.2) is 6.61 Å². The van der Waals surface area contributed by atoms with Gasteiger partial charge in [0.1, 0.15) is 0 Å². The predicted molar refractivity (Wildman–Crippen MR) is 99.8 cm³/mol. The van der Waals surface area contributed by atoms with Crippen LogP contribution < -0.4 is 5.32 Å². The fraction of sp³-hybridized carbons (Fsp3) is 0.444. The van der Waals surface area contributed by atoms with Crippen LogP contribution in [0.5, 0.6) is 0 Å². The van der Waals surface area contributed by atoms with Gasteiger partial charge in [0, 0.05) is 24.9 Å². The van der Waals surface area contributed by atoms with Crippen LogP contribution >= 0.6 is 0 Å². The van der Waals surface area contributed by atoms with Crippen LogP contribution in [0.15, 0.2) is 34.7 Å². The van der Waals surface area contributed by atoms with Gasteiger partial charge in [-0.05, 0) is 38.5 Å². The minimum Gasteiger partial charge on any atom is -0.452 e. The minimum absolute atomic E-state index is 0.0897. The van der Waals surface area contributed by atoms with Crippen molar-refractivity contribution in [2.24, 2.45) is 0 Å². The number of nitrogens with one attached hydrogen (secondary N) is 1. The maximum absolute atomic E-state index is 12.7. The molecule has 1 aromatic carbocycles. The van der Waals surface area contributed by atoms with Crippen LogP contribution in [0.4, 0.5) is 5.69 Å². The monoisotopic (exact) mass is 396 g/mol. The van der Waals surface area contributed by atoms with E-state index in [2.05, 4.69) is 5.32 Å². The van der Waals surface area contributed by atoms with Gasteiger partial charge in [-0.15, -0.1) is 0 Å². The number of amides is 1. The Hall–Kier alpha value is -2.23. The highest BCUT2D eigenvalue weighted by molar-refractivity contribution is 7.89. The molecule has 0 unspecified atom stereocenters. The van der Waals surface area contributed by atoms with Crippen LogP contribution in [0.1, 0.15) is 19.4 Å². The lowest BCUT2D eigenvalue weighted by atomic mass is 10.2. The Morgan fingerprint density at radius 2 is 1.93 bits per heavy atom. The number of esters is 1. The SMILES string of the molecule is CC(C)=CC(=O)OCC(=O)Nc1cc(S(=O)(=O)N2CCOCC2)ccc1C. The second-order valence-electron chi connectivity index (χ2n) is 6.37. The number of allylic oxidation sites excluding steroid dienone is 1. The lowest BCUT2D eigenvalue weighted by Gasteiger charge is -2.26. The van der Waals surface area contributed by atoms with Crippen molar-refractivity contribution >= 4 is 27.6 Å². The third kappa shape index (κ3) is 5.88. The predicted octanol–water partition coefficient (Wildman–Crippen LogP) is 1.46. The molecule has 8 nitrogen and oxygen atoms in total. The van der Waals surface area contributed by atoms with Crippen LogP contribution in [0.2, 0.25) is 0 Å². The summed E-state index contributed by atoms with van der Waals surface area (Å²) in [6.45, 7) is 6.06. The molecule has 1 amide bonds. The van der Waals surface area contributed by atoms with Crippen LogP contribution in [0.25, 0.3) is 0 Å². The number of carbonyl (C=O) groups excluding carboxylic acids is 2. The number of sulfonamides is 1. The van der Waals surface area contributed by atoms with E-state index in [0.29, 0.717) is 24.5 Å². The Morgan fingerprint density at radius 1 is 1.26 bits per heavy atom. The van der Waals surface area contributed by atoms with Gasteiger partial charge in [-0.25, -0.2) is 13.2 Å². The van der Waals surface area contributed by atoms with Crippen molar-refractivity contribution < 1.29 is 27.5 Å². The fourth-order valence-corrected chi connectivity index (χ4v) is 3.87. The molecule has 1 aromatic rings. The molecule has 1 aliphatic rings. The van der Waals surface area contributed by atoms with E-state index in [-0.39, 0.29) is 18.0 Å². The van der Waals surface area contributed by atoms with Gasteiger partial charge >= 0.3 is 5.97 Å². The topological polar surface area (TPSA) is 102 Å². The van der Waals surface area contributed by atoms with Gasteiger partial charge in [-0.3, -0.25) is 4.79 Å². The second-order valence-corrected chi connectivity index (χ2v) is 8.31. The maximum atomic E-state index is 12.7. The van der Waals surface area contributed by atoms with Crippen LogP contribution in [-0.4, -0.2) is 57.5 Å². The summed E-state index contributed by atoms with van der Waals surface area (Å²) in [5.41, 5.74) is 1.81. The Bertz CT molecular complexity index is 837. The summed E-state index contributed by atoms with van der Waals surface area (Å²) in [6.07, 6.45) is 1.29. The van der Waals surface area contributed by atoms with Gasteiger partial charge in [-0.2, -0.15) is 4.31 Å². The third-order valence-electron chi connectivity index (χ3n) is 3.84. The Balaban J connectivity index is 2.09. The van der Waals surface area contributed by atoms with Gasteiger partial charge in [0.05, 0.1) is 18.1 Å². The Labute approximate surface area is 159 Å². The molecule has 148 valence electrons. The average Bonchev–Trinajstić information content (AvgIpc) is 2.62. The number of ether oxygens (including phenoxy) is 2. The smallest absolute Gasteiger partial charge is 0.331 e. The van der Waals surface area contributed by atoms with Gasteiger partial charge in [0.25, 0.3) is 5.91 Å². The highest BCUT2D eigenvalue weighted by Gasteiger charge is 2.26. The quantitative estimate of drug-likeness (QED) is 0.577. The van der Waals surface area contributed by atoms with Crippen molar-refractivity contribution in [1.82, 2.24) is 4.31 Å². The molecule has 9 heteroatoms. The number of nitrogens with zero attached hydrogens (tertiary/aromatic N) is 1. The molecule has 1 N–H and O–H groups in total. The number of benzene rings is 1. The summed E-state index contributed by atoms with van der Waals surface area (Å²) in [7, 11) is -3.67. The number of aryl methyl sites for hydroxylation is 1. The van der Waals surface area contributed by atoms with E-state index in [1.165, 1.54) is 22.5 Å². The first-order valence-electron chi connectivity index (χ1n) is 8.50. The second kappa shape index (κ2) is 9.12. The molecule has 0 aliphatic carbocycles. The van der Waals surface area contributed by atoms with E-state index in [1.54, 1.807) is 26.8 Å². The first-order valence-corrected chi connectivity index (χ1v) is 9.94. The normalized spacial score (nSPS) is 15.1. The Kier molecular flexibility index (Phi) is 7.11. The van der Waals surface area contributed by atoms with Gasteiger partial charge < -0.3 is 14.8 Å². The van der Waals surface area contributed by atoms with E-state index in [9.17, 15) is 18.0 Å². The third-order valence-corrected chi connectivity index (χ3v) is 5.74. The van der Waals surface area contributed by atoms with E-state index in [4.69, 9.17) is 9.47 Å². The lowest BCUT2D eigenvalue weighted by Crippen LogP contribution is -2.40. The highest BCUT2D eigenvalue weighted by Crippen LogP contribution is 2.23. The molecular weight excluding hydrogens is 372 g/mol. The van der Waals surface area contributed by atoms with Crippen molar-refractivity contribution in [2.75, 3.05) is 38.2 Å². The van der Waals surface area contributed by atoms with Crippen molar-refractivity contribution in [2.45, 2.75) is 25.7 Å². The zero-order valence-corrected chi connectivity index (χ0v) is 16.5. The highest BCUT2D eigenvalue weighted by atomic mass is 32.2. The first kappa shape index (κ1) is 21.1. The fourth-order valence-electron chi connectivity index (χ4n) is 2.43. The molecule has 0 atom stereocenters. The Morgan fingerprint density at radius 3 is 2.56 bits per heavy atom. The molecule has 1 saturated heterocycles. The van der Waals surface area contributed by atoms with E-state index < -0.39 is 28.5 Å². The van der Waals surface area contributed by atoms with Crippen molar-refractivity contribution in [3.63, 3.8) is 0 Å². The number of morpholine rings is 1. The van der Waals surface area contributed by atoms with Crippen LogP contribution in [0, 0.1) is 6.92 Å². The van der Waals surface area contributed by atoms with Crippen LogP contribution in [0.3, 0.4) is 0 Å². The molecule has 0 saturated carbocycles. The van der Waals surface area contributed by atoms with E-state index >= 15 is 0 Å². The van der Waals surface area contributed by atoms with E-state index in [1.807, 2.05) is 0 Å². The summed E-state index contributed by atoms with van der Waals surface area (Å²) in [6, 6.07) is 4.54. The first-order chi connectivity index (χ1) is 12.7. The molecule has 0 spiro atoms. The molecule has 1 fully saturated rings. The standard InChI is InChI=1S/C18H24N2O6S/c1-13(2)10-18(22)26-12-17(21)19-16-11-15(5-4-14(16)3)27(23,24)20-6-8-25-9-7-20/h4-5,10-11H,6-9,12H2,1-3H3,(H,19,21). The summed E-state index contributed by atoms with van der Waals surface area (Å²) < 4.78 is 36.9. The summed E-state index contributed by atoms with van der Waals surface area (Å²) in [5.74, 6) is -1.15.